The van der Waals surface area contributed by atoms with Gasteiger partial charge >= 0.3 is 0 Å². The highest BCUT2D eigenvalue weighted by Crippen LogP contribution is 2.12. The van der Waals surface area contributed by atoms with Crippen LogP contribution in [0, 0.1) is 0 Å². The Morgan fingerprint density at radius 3 is 2.45 bits per heavy atom. The molecule has 1 fully saturated rings. The Kier molecular flexibility index (Phi) is 5.93. The van der Waals surface area contributed by atoms with Crippen LogP contribution in [0.25, 0.3) is 0 Å². The molecule has 0 atom stereocenters. The van der Waals surface area contributed by atoms with Crippen molar-refractivity contribution in [1.29, 1.82) is 0 Å². The van der Waals surface area contributed by atoms with Crippen LogP contribution in [0.4, 0.5) is 0 Å². The minimum Gasteiger partial charge on any atom is -0.358 e. The van der Waals surface area contributed by atoms with Gasteiger partial charge in [-0.15, -0.1) is 0 Å². The fraction of sp³-hybridized carbons (Fsp3) is 0.533. The van der Waals surface area contributed by atoms with Gasteiger partial charge in [0.15, 0.2) is 0 Å². The second-order valence-corrected chi connectivity index (χ2v) is 7.34. The van der Waals surface area contributed by atoms with Crippen LogP contribution in [-0.4, -0.2) is 51.9 Å². The van der Waals surface area contributed by atoms with Gasteiger partial charge in [0.2, 0.25) is 15.9 Å². The molecule has 1 heterocycles. The van der Waals surface area contributed by atoms with Crippen LogP contribution in [0.2, 0.25) is 0 Å². The van der Waals surface area contributed by atoms with Crippen molar-refractivity contribution in [2.75, 3.05) is 26.7 Å². The van der Waals surface area contributed by atoms with Crippen molar-refractivity contribution in [3.8, 4) is 0 Å². The minimum atomic E-state index is -3.33. The SMILES string of the molecule is CNC(=O)CN1CCC(NS(=O)(=O)Cc2ccccc2)CC1. The van der Waals surface area contributed by atoms with Crippen molar-refractivity contribution in [3.63, 3.8) is 0 Å². The second-order valence-electron chi connectivity index (χ2n) is 5.59. The Labute approximate surface area is 131 Å². The molecule has 1 aliphatic heterocycles. The van der Waals surface area contributed by atoms with Crippen molar-refractivity contribution >= 4 is 15.9 Å². The topological polar surface area (TPSA) is 78.5 Å². The maximum atomic E-state index is 12.2. The molecule has 1 saturated heterocycles. The third kappa shape index (κ3) is 5.40. The van der Waals surface area contributed by atoms with Crippen molar-refractivity contribution in [3.05, 3.63) is 35.9 Å². The van der Waals surface area contributed by atoms with E-state index in [-0.39, 0.29) is 17.7 Å². The predicted molar refractivity (Wildman–Crippen MR) is 85.7 cm³/mol. The van der Waals surface area contributed by atoms with Crippen LogP contribution in [0.5, 0.6) is 0 Å². The summed E-state index contributed by atoms with van der Waals surface area (Å²) in [6.45, 7) is 1.83. The first kappa shape index (κ1) is 16.9. The molecule has 7 heteroatoms. The maximum Gasteiger partial charge on any atom is 0.233 e. The predicted octanol–water partition coefficient (Wildman–Crippen LogP) is 0.316. The third-order valence-electron chi connectivity index (χ3n) is 3.78. The number of hydrogen-bond acceptors (Lipinski definition) is 4. The lowest BCUT2D eigenvalue weighted by molar-refractivity contribution is -0.122. The number of likely N-dealkylation sites (tertiary alicyclic amines) is 1. The van der Waals surface area contributed by atoms with Crippen LogP contribution in [0.15, 0.2) is 30.3 Å². The molecule has 0 spiro atoms. The summed E-state index contributed by atoms with van der Waals surface area (Å²) in [6, 6.07) is 9.11. The summed E-state index contributed by atoms with van der Waals surface area (Å²) < 4.78 is 27.1. The van der Waals surface area contributed by atoms with E-state index in [1.54, 1.807) is 7.05 Å². The lowest BCUT2D eigenvalue weighted by Gasteiger charge is -2.31. The van der Waals surface area contributed by atoms with Gasteiger partial charge in [0.1, 0.15) is 0 Å². The van der Waals surface area contributed by atoms with Gasteiger partial charge in [0.25, 0.3) is 0 Å². The molecule has 1 aromatic carbocycles. The van der Waals surface area contributed by atoms with Gasteiger partial charge in [-0.25, -0.2) is 13.1 Å². The number of hydrogen-bond donors (Lipinski definition) is 2. The molecule has 22 heavy (non-hydrogen) atoms. The Bertz CT molecular complexity index is 581. The number of benzene rings is 1. The van der Waals surface area contributed by atoms with E-state index in [1.807, 2.05) is 35.2 Å². The van der Waals surface area contributed by atoms with E-state index in [0.29, 0.717) is 6.54 Å². The van der Waals surface area contributed by atoms with Crippen molar-refractivity contribution < 1.29 is 13.2 Å². The Balaban J connectivity index is 1.81. The average molecular weight is 325 g/mol. The molecule has 0 unspecified atom stereocenters. The summed E-state index contributed by atoms with van der Waals surface area (Å²) in [7, 11) is -1.71. The number of likely N-dealkylation sites (N-methyl/N-ethyl adjacent to an activating group) is 1. The lowest BCUT2D eigenvalue weighted by atomic mass is 10.1. The highest BCUT2D eigenvalue weighted by Gasteiger charge is 2.24. The van der Waals surface area contributed by atoms with Crippen LogP contribution >= 0.6 is 0 Å². The molecular weight excluding hydrogens is 302 g/mol. The van der Waals surface area contributed by atoms with Gasteiger partial charge in [-0.05, 0) is 18.4 Å². The standard InChI is InChI=1S/C15H23N3O3S/c1-16-15(19)11-18-9-7-14(8-10-18)17-22(20,21)12-13-5-3-2-4-6-13/h2-6,14,17H,7-12H2,1H3,(H,16,19). The van der Waals surface area contributed by atoms with Gasteiger partial charge in [-0.2, -0.15) is 0 Å². The van der Waals surface area contributed by atoms with Crippen LogP contribution in [-0.2, 0) is 20.6 Å². The van der Waals surface area contributed by atoms with E-state index in [9.17, 15) is 13.2 Å². The number of carbonyl (C=O) groups excluding carboxylic acids is 1. The molecule has 0 saturated carbocycles. The fourth-order valence-electron chi connectivity index (χ4n) is 2.58. The maximum absolute atomic E-state index is 12.2. The highest BCUT2D eigenvalue weighted by molar-refractivity contribution is 7.88. The first-order valence-corrected chi connectivity index (χ1v) is 9.10. The van der Waals surface area contributed by atoms with Gasteiger partial charge in [-0.1, -0.05) is 30.3 Å². The number of nitrogens with one attached hydrogen (secondary N) is 2. The zero-order chi connectivity index (χ0) is 16.0. The molecule has 0 aliphatic carbocycles. The van der Waals surface area contributed by atoms with E-state index in [4.69, 9.17) is 0 Å². The van der Waals surface area contributed by atoms with E-state index < -0.39 is 10.0 Å². The molecule has 0 radical (unpaired) electrons. The smallest absolute Gasteiger partial charge is 0.233 e. The fourth-order valence-corrected chi connectivity index (χ4v) is 4.04. The number of piperidine rings is 1. The van der Waals surface area contributed by atoms with Gasteiger partial charge < -0.3 is 5.32 Å². The van der Waals surface area contributed by atoms with E-state index in [1.165, 1.54) is 0 Å². The first-order valence-electron chi connectivity index (χ1n) is 7.45. The number of rotatable bonds is 6. The Hall–Kier alpha value is -1.44. The number of nitrogens with zero attached hydrogens (tertiary/aromatic N) is 1. The van der Waals surface area contributed by atoms with Crippen LogP contribution in [0.3, 0.4) is 0 Å². The van der Waals surface area contributed by atoms with Gasteiger partial charge in [-0.3, -0.25) is 9.69 Å². The van der Waals surface area contributed by atoms with Crippen LogP contribution < -0.4 is 10.0 Å². The number of carbonyl (C=O) groups is 1. The third-order valence-corrected chi connectivity index (χ3v) is 5.19. The number of amides is 1. The molecule has 1 aliphatic rings. The summed E-state index contributed by atoms with van der Waals surface area (Å²) in [6.07, 6.45) is 1.45. The van der Waals surface area contributed by atoms with Crippen molar-refractivity contribution in [2.24, 2.45) is 0 Å². The summed E-state index contributed by atoms with van der Waals surface area (Å²) >= 11 is 0. The second kappa shape index (κ2) is 7.71. The van der Waals surface area contributed by atoms with E-state index in [0.717, 1.165) is 31.5 Å². The molecule has 122 valence electrons. The molecule has 2 rings (SSSR count). The molecule has 1 aromatic rings. The molecule has 0 aromatic heterocycles. The highest BCUT2D eigenvalue weighted by atomic mass is 32.2. The molecule has 2 N–H and O–H groups in total. The van der Waals surface area contributed by atoms with E-state index >= 15 is 0 Å². The summed E-state index contributed by atoms with van der Waals surface area (Å²) in [5.74, 6) is -0.00477. The monoisotopic (exact) mass is 325 g/mol. The molecule has 6 nitrogen and oxygen atoms in total. The quantitative estimate of drug-likeness (QED) is 0.789. The average Bonchev–Trinajstić information content (AvgIpc) is 2.49. The van der Waals surface area contributed by atoms with Gasteiger partial charge in [0, 0.05) is 26.2 Å². The first-order chi connectivity index (χ1) is 10.5. The summed E-state index contributed by atoms with van der Waals surface area (Å²) in [5, 5.41) is 2.60. The van der Waals surface area contributed by atoms with Crippen LogP contribution in [0.1, 0.15) is 18.4 Å². The van der Waals surface area contributed by atoms with E-state index in [2.05, 4.69) is 10.0 Å². The minimum absolute atomic E-state index is 0.00624. The summed E-state index contributed by atoms with van der Waals surface area (Å²) in [4.78, 5) is 13.4. The largest absolute Gasteiger partial charge is 0.358 e. The Morgan fingerprint density at radius 1 is 1.23 bits per heavy atom. The zero-order valence-corrected chi connectivity index (χ0v) is 13.6. The lowest BCUT2D eigenvalue weighted by Crippen LogP contribution is -2.47. The molecule has 1 amide bonds. The molecular formula is C15H23N3O3S. The molecule has 0 bridgehead atoms. The van der Waals surface area contributed by atoms with Crippen molar-refractivity contribution in [1.82, 2.24) is 14.9 Å². The summed E-state index contributed by atoms with van der Waals surface area (Å²) in [5.41, 5.74) is 0.784. The number of sulfonamides is 1. The normalized spacial score (nSPS) is 17.3. The van der Waals surface area contributed by atoms with Gasteiger partial charge in [0.05, 0.1) is 12.3 Å². The van der Waals surface area contributed by atoms with Crippen molar-refractivity contribution in [2.45, 2.75) is 24.6 Å². The Morgan fingerprint density at radius 2 is 1.86 bits per heavy atom. The zero-order valence-electron chi connectivity index (χ0n) is 12.8.